The zero-order valence-electron chi connectivity index (χ0n) is 10.3. The molecule has 18 heavy (non-hydrogen) atoms. The lowest BCUT2D eigenvalue weighted by molar-refractivity contribution is 0.805. The van der Waals surface area contributed by atoms with E-state index in [1.54, 1.807) is 0 Å². The number of benzene rings is 1. The standard InChI is InChI=1S/C14H16BrN3/c1-9(16)12-5-4-11(8-13(12)15)18-7-6-14(17-18)10-2-3-10/h4-10H,2-3,16H2,1H3/t9-/m0/s1. The topological polar surface area (TPSA) is 43.8 Å². The van der Waals surface area contributed by atoms with E-state index in [4.69, 9.17) is 5.73 Å². The molecule has 0 unspecified atom stereocenters. The van der Waals surface area contributed by atoms with Crippen LogP contribution in [-0.2, 0) is 0 Å². The Labute approximate surface area is 115 Å². The molecule has 2 aromatic rings. The molecule has 1 aliphatic carbocycles. The van der Waals surface area contributed by atoms with E-state index in [9.17, 15) is 0 Å². The molecule has 94 valence electrons. The average Bonchev–Trinajstić information content (AvgIpc) is 3.06. The maximum absolute atomic E-state index is 5.90. The lowest BCUT2D eigenvalue weighted by Crippen LogP contribution is -2.06. The van der Waals surface area contributed by atoms with Gasteiger partial charge in [-0.1, -0.05) is 22.0 Å². The summed E-state index contributed by atoms with van der Waals surface area (Å²) in [5.74, 6) is 0.693. The first-order valence-electron chi connectivity index (χ1n) is 6.26. The van der Waals surface area contributed by atoms with Crippen molar-refractivity contribution in [3.05, 3.63) is 46.2 Å². The summed E-state index contributed by atoms with van der Waals surface area (Å²) >= 11 is 3.57. The molecule has 0 spiro atoms. The van der Waals surface area contributed by atoms with Crippen molar-refractivity contribution in [2.24, 2.45) is 5.73 Å². The van der Waals surface area contributed by atoms with Gasteiger partial charge in [0.1, 0.15) is 0 Å². The van der Waals surface area contributed by atoms with Crippen molar-refractivity contribution >= 4 is 15.9 Å². The summed E-state index contributed by atoms with van der Waals surface area (Å²) in [5, 5.41) is 4.62. The van der Waals surface area contributed by atoms with Crippen molar-refractivity contribution in [1.29, 1.82) is 0 Å². The van der Waals surface area contributed by atoms with E-state index in [0.29, 0.717) is 5.92 Å². The number of hydrogen-bond acceptors (Lipinski definition) is 2. The normalized spacial score (nSPS) is 16.8. The fraction of sp³-hybridized carbons (Fsp3) is 0.357. The maximum Gasteiger partial charge on any atom is 0.0659 e. The third-order valence-corrected chi connectivity index (χ3v) is 4.03. The number of hydrogen-bond donors (Lipinski definition) is 1. The molecule has 1 saturated carbocycles. The highest BCUT2D eigenvalue weighted by molar-refractivity contribution is 9.10. The van der Waals surface area contributed by atoms with Gasteiger partial charge in [-0.3, -0.25) is 0 Å². The number of nitrogens with two attached hydrogens (primary N) is 1. The second-order valence-electron chi connectivity index (χ2n) is 4.95. The lowest BCUT2D eigenvalue weighted by atomic mass is 10.1. The van der Waals surface area contributed by atoms with Crippen molar-refractivity contribution in [3.63, 3.8) is 0 Å². The van der Waals surface area contributed by atoms with E-state index in [1.807, 2.05) is 17.8 Å². The molecular weight excluding hydrogens is 290 g/mol. The molecule has 0 amide bonds. The first kappa shape index (κ1) is 11.9. The predicted octanol–water partition coefficient (Wildman–Crippen LogP) is 3.53. The summed E-state index contributed by atoms with van der Waals surface area (Å²) < 4.78 is 2.97. The maximum atomic E-state index is 5.90. The number of halogens is 1. The monoisotopic (exact) mass is 305 g/mol. The van der Waals surface area contributed by atoms with Gasteiger partial charge in [-0.15, -0.1) is 0 Å². The van der Waals surface area contributed by atoms with Gasteiger partial charge < -0.3 is 5.73 Å². The Morgan fingerprint density at radius 2 is 2.17 bits per heavy atom. The van der Waals surface area contributed by atoms with E-state index >= 15 is 0 Å². The molecule has 3 nitrogen and oxygen atoms in total. The van der Waals surface area contributed by atoms with Gasteiger partial charge in [-0.25, -0.2) is 4.68 Å². The highest BCUT2D eigenvalue weighted by Crippen LogP contribution is 2.39. The zero-order valence-corrected chi connectivity index (χ0v) is 11.9. The first-order chi connectivity index (χ1) is 8.65. The molecule has 0 bridgehead atoms. The van der Waals surface area contributed by atoms with Crippen LogP contribution in [0.4, 0.5) is 0 Å². The van der Waals surface area contributed by atoms with Crippen molar-refractivity contribution in [1.82, 2.24) is 9.78 Å². The van der Waals surface area contributed by atoms with Crippen molar-refractivity contribution < 1.29 is 0 Å². The van der Waals surface area contributed by atoms with E-state index in [2.05, 4.69) is 45.3 Å². The van der Waals surface area contributed by atoms with E-state index in [0.717, 1.165) is 15.7 Å². The van der Waals surface area contributed by atoms with Crippen LogP contribution in [0.25, 0.3) is 5.69 Å². The fourth-order valence-corrected chi connectivity index (χ4v) is 2.83. The van der Waals surface area contributed by atoms with Crippen LogP contribution in [0.15, 0.2) is 34.9 Å². The molecule has 1 aliphatic rings. The second kappa shape index (κ2) is 4.52. The van der Waals surface area contributed by atoms with Gasteiger partial charge in [-0.05, 0) is 43.5 Å². The van der Waals surface area contributed by atoms with Crippen LogP contribution in [0.1, 0.15) is 43.0 Å². The van der Waals surface area contributed by atoms with Gasteiger partial charge in [0.15, 0.2) is 0 Å². The molecule has 2 N–H and O–H groups in total. The van der Waals surface area contributed by atoms with Gasteiger partial charge in [0.05, 0.1) is 11.4 Å². The van der Waals surface area contributed by atoms with Crippen LogP contribution < -0.4 is 5.73 Å². The molecule has 0 radical (unpaired) electrons. The van der Waals surface area contributed by atoms with Gasteiger partial charge in [-0.2, -0.15) is 5.10 Å². The molecule has 1 heterocycles. The van der Waals surface area contributed by atoms with Crippen LogP contribution in [0.3, 0.4) is 0 Å². The molecule has 1 aromatic heterocycles. The molecule has 1 atom stereocenters. The summed E-state index contributed by atoms with van der Waals surface area (Å²) in [6.07, 6.45) is 4.59. The molecule has 1 aromatic carbocycles. The highest BCUT2D eigenvalue weighted by Gasteiger charge is 2.25. The number of rotatable bonds is 3. The van der Waals surface area contributed by atoms with Gasteiger partial charge >= 0.3 is 0 Å². The molecule has 0 aliphatic heterocycles. The molecule has 0 saturated heterocycles. The highest BCUT2D eigenvalue weighted by atomic mass is 79.9. The summed E-state index contributed by atoms with van der Waals surface area (Å²) in [4.78, 5) is 0. The second-order valence-corrected chi connectivity index (χ2v) is 5.81. The summed E-state index contributed by atoms with van der Waals surface area (Å²) in [6, 6.07) is 8.34. The molecule has 1 fully saturated rings. The third kappa shape index (κ3) is 2.22. The van der Waals surface area contributed by atoms with Crippen molar-refractivity contribution in [2.75, 3.05) is 0 Å². The van der Waals surface area contributed by atoms with E-state index in [-0.39, 0.29) is 6.04 Å². The Balaban J connectivity index is 1.93. The third-order valence-electron chi connectivity index (χ3n) is 3.34. The summed E-state index contributed by atoms with van der Waals surface area (Å²) in [6.45, 7) is 1.98. The van der Waals surface area contributed by atoms with Crippen molar-refractivity contribution in [3.8, 4) is 5.69 Å². The van der Waals surface area contributed by atoms with Crippen LogP contribution in [-0.4, -0.2) is 9.78 Å². The Kier molecular flexibility index (Phi) is 2.99. The SMILES string of the molecule is C[C@H](N)c1ccc(-n2ccc(C3CC3)n2)cc1Br. The molecule has 3 rings (SSSR count). The van der Waals surface area contributed by atoms with Gasteiger partial charge in [0.25, 0.3) is 0 Å². The lowest BCUT2D eigenvalue weighted by Gasteiger charge is -2.10. The van der Waals surface area contributed by atoms with Crippen LogP contribution >= 0.6 is 15.9 Å². The smallest absolute Gasteiger partial charge is 0.0659 e. The van der Waals surface area contributed by atoms with Crippen molar-refractivity contribution in [2.45, 2.75) is 31.7 Å². The zero-order chi connectivity index (χ0) is 12.7. The van der Waals surface area contributed by atoms with Crippen LogP contribution in [0.5, 0.6) is 0 Å². The largest absolute Gasteiger partial charge is 0.324 e. The summed E-state index contributed by atoms with van der Waals surface area (Å²) in [5.41, 5.74) is 9.30. The van der Waals surface area contributed by atoms with E-state index < -0.39 is 0 Å². The Hall–Kier alpha value is -1.13. The first-order valence-corrected chi connectivity index (χ1v) is 7.05. The molecule has 4 heteroatoms. The Morgan fingerprint density at radius 3 is 2.78 bits per heavy atom. The van der Waals surface area contributed by atoms with E-state index in [1.165, 1.54) is 18.5 Å². The van der Waals surface area contributed by atoms with Gasteiger partial charge in [0.2, 0.25) is 0 Å². The predicted molar refractivity (Wildman–Crippen MR) is 75.8 cm³/mol. The number of aromatic nitrogens is 2. The Morgan fingerprint density at radius 1 is 1.39 bits per heavy atom. The number of nitrogens with zero attached hydrogens (tertiary/aromatic N) is 2. The minimum atomic E-state index is 0.0353. The Bertz CT molecular complexity index is 570. The average molecular weight is 306 g/mol. The summed E-state index contributed by atoms with van der Waals surface area (Å²) in [7, 11) is 0. The quantitative estimate of drug-likeness (QED) is 0.942. The van der Waals surface area contributed by atoms with Gasteiger partial charge in [0, 0.05) is 22.6 Å². The van der Waals surface area contributed by atoms with Crippen LogP contribution in [0, 0.1) is 0 Å². The minimum Gasteiger partial charge on any atom is -0.324 e. The van der Waals surface area contributed by atoms with Crippen LogP contribution in [0.2, 0.25) is 0 Å². The minimum absolute atomic E-state index is 0.0353. The fourth-order valence-electron chi connectivity index (χ4n) is 2.11. The molecular formula is C14H16BrN3.